The fraction of sp³-hybridized carbons (Fsp3) is 0.417. The second-order valence-electron chi connectivity index (χ2n) is 12.9. The standard InChI is InChI=1S/C36H41N3O7/c1-24-32(35(2,3)44)30(21-31(41)37(17-19-40)22-25-9-5-4-6-10-25)46-36(24)28-11-7-8-12-29(28)39(33(36)42)23-26-13-15-27(16-14-26)38-18-20-45-34(38)43/h4-16,24,30,32,40,44H,17-23H2,1-3H3/t24-,30+,32-,36+/m0/s1. The van der Waals surface area contributed by atoms with Crippen LogP contribution in [-0.4, -0.2) is 71.0 Å². The summed E-state index contributed by atoms with van der Waals surface area (Å²) in [6.45, 7) is 6.73. The van der Waals surface area contributed by atoms with Gasteiger partial charge in [-0.05, 0) is 43.2 Å². The maximum atomic E-state index is 14.6. The van der Waals surface area contributed by atoms with Crippen LogP contribution in [0.1, 0.15) is 43.9 Å². The molecule has 3 aliphatic rings. The topological polar surface area (TPSA) is 120 Å². The number of cyclic esters (lactones) is 1. The lowest BCUT2D eigenvalue weighted by atomic mass is 9.71. The molecule has 0 aromatic heterocycles. The van der Waals surface area contributed by atoms with E-state index in [1.54, 1.807) is 28.5 Å². The summed E-state index contributed by atoms with van der Waals surface area (Å²) in [5.41, 5.74) is 1.31. The van der Waals surface area contributed by atoms with Crippen molar-refractivity contribution in [2.45, 2.75) is 57.6 Å². The van der Waals surface area contributed by atoms with Gasteiger partial charge in [-0.15, -0.1) is 0 Å². The van der Waals surface area contributed by atoms with E-state index in [1.165, 1.54) is 0 Å². The summed E-state index contributed by atoms with van der Waals surface area (Å²) in [5, 5.41) is 21.2. The van der Waals surface area contributed by atoms with Gasteiger partial charge in [0.25, 0.3) is 5.91 Å². The number of ether oxygens (including phenoxy) is 2. The van der Waals surface area contributed by atoms with E-state index in [-0.39, 0.29) is 44.0 Å². The third-order valence-corrected chi connectivity index (χ3v) is 9.56. The lowest BCUT2D eigenvalue weighted by Crippen LogP contribution is -2.46. The number of carbonyl (C=O) groups is 3. The van der Waals surface area contributed by atoms with Crippen LogP contribution in [0.15, 0.2) is 78.9 Å². The van der Waals surface area contributed by atoms with Crippen LogP contribution in [0.3, 0.4) is 0 Å². The summed E-state index contributed by atoms with van der Waals surface area (Å²) in [6.07, 6.45) is -1.18. The first-order chi connectivity index (χ1) is 22.0. The number of fused-ring (bicyclic) bond motifs is 2. The normalized spacial score (nSPS) is 24.1. The Morgan fingerprint density at radius 1 is 1.00 bits per heavy atom. The Morgan fingerprint density at radius 2 is 1.70 bits per heavy atom. The van der Waals surface area contributed by atoms with Gasteiger partial charge in [0, 0.05) is 36.2 Å². The highest BCUT2D eigenvalue weighted by Gasteiger charge is 2.66. The molecule has 0 radical (unpaired) electrons. The molecular weight excluding hydrogens is 586 g/mol. The number of hydrogen-bond acceptors (Lipinski definition) is 7. The number of benzene rings is 3. The molecular formula is C36H41N3O7. The summed E-state index contributed by atoms with van der Waals surface area (Å²) < 4.78 is 11.9. The maximum Gasteiger partial charge on any atom is 0.414 e. The number of para-hydroxylation sites is 1. The first-order valence-electron chi connectivity index (χ1n) is 15.8. The minimum Gasteiger partial charge on any atom is -0.447 e. The predicted molar refractivity (Wildman–Crippen MR) is 172 cm³/mol. The van der Waals surface area contributed by atoms with Crippen molar-refractivity contribution in [3.8, 4) is 0 Å². The lowest BCUT2D eigenvalue weighted by molar-refractivity contribution is -0.150. The number of amides is 3. The molecule has 2 fully saturated rings. The summed E-state index contributed by atoms with van der Waals surface area (Å²) in [6, 6.07) is 24.6. The van der Waals surface area contributed by atoms with Crippen molar-refractivity contribution in [2.24, 2.45) is 11.8 Å². The minimum atomic E-state index is -1.40. The molecule has 10 nitrogen and oxygen atoms in total. The summed E-state index contributed by atoms with van der Waals surface area (Å²) >= 11 is 0. The molecule has 4 atom stereocenters. The van der Waals surface area contributed by atoms with Crippen LogP contribution in [0.25, 0.3) is 0 Å². The van der Waals surface area contributed by atoms with Gasteiger partial charge in [0.2, 0.25) is 5.91 Å². The Hall–Kier alpha value is -4.25. The van der Waals surface area contributed by atoms with Crippen LogP contribution in [0.4, 0.5) is 16.2 Å². The Labute approximate surface area is 269 Å². The molecule has 3 aliphatic heterocycles. The van der Waals surface area contributed by atoms with Gasteiger partial charge in [-0.3, -0.25) is 14.5 Å². The summed E-state index contributed by atoms with van der Waals surface area (Å²) in [5.74, 6) is -1.47. The highest BCUT2D eigenvalue weighted by molar-refractivity contribution is 6.07. The quantitative estimate of drug-likeness (QED) is 0.346. The zero-order valence-electron chi connectivity index (χ0n) is 26.5. The van der Waals surface area contributed by atoms with Crippen molar-refractivity contribution < 1.29 is 34.1 Å². The number of aliphatic hydroxyl groups is 2. The molecule has 0 unspecified atom stereocenters. The van der Waals surface area contributed by atoms with Gasteiger partial charge in [-0.1, -0.05) is 67.6 Å². The van der Waals surface area contributed by atoms with Crippen molar-refractivity contribution in [1.29, 1.82) is 0 Å². The molecule has 242 valence electrons. The van der Waals surface area contributed by atoms with Crippen LogP contribution >= 0.6 is 0 Å². The van der Waals surface area contributed by atoms with E-state index in [1.807, 2.05) is 85.8 Å². The van der Waals surface area contributed by atoms with Crippen LogP contribution in [-0.2, 0) is 37.8 Å². The molecule has 0 aliphatic carbocycles. The average molecular weight is 628 g/mol. The molecule has 3 heterocycles. The van der Waals surface area contributed by atoms with Crippen LogP contribution in [0, 0.1) is 11.8 Å². The molecule has 3 aromatic rings. The van der Waals surface area contributed by atoms with E-state index in [4.69, 9.17) is 9.47 Å². The van der Waals surface area contributed by atoms with E-state index in [2.05, 4.69) is 0 Å². The smallest absolute Gasteiger partial charge is 0.414 e. The van der Waals surface area contributed by atoms with Gasteiger partial charge in [0.15, 0.2) is 5.60 Å². The highest BCUT2D eigenvalue weighted by atomic mass is 16.6. The fourth-order valence-corrected chi connectivity index (χ4v) is 7.50. The zero-order valence-corrected chi connectivity index (χ0v) is 26.5. The molecule has 1 spiro atoms. The van der Waals surface area contributed by atoms with Gasteiger partial charge in [-0.2, -0.15) is 0 Å². The Kier molecular flexibility index (Phi) is 8.62. The first kappa shape index (κ1) is 31.7. The number of aliphatic hydroxyl groups excluding tert-OH is 1. The summed E-state index contributed by atoms with van der Waals surface area (Å²) in [7, 11) is 0. The number of anilines is 2. The minimum absolute atomic E-state index is 0.0522. The van der Waals surface area contributed by atoms with Crippen LogP contribution in [0.5, 0.6) is 0 Å². The van der Waals surface area contributed by atoms with Crippen molar-refractivity contribution >= 4 is 29.3 Å². The summed E-state index contributed by atoms with van der Waals surface area (Å²) in [4.78, 5) is 45.3. The SMILES string of the molecule is C[C@H]1[C@H](C(C)(C)O)[C@@H](CC(=O)N(CCO)Cc2ccccc2)O[C@]12C(=O)N(Cc1ccc(N3CCOC3=O)cc1)c1ccccc12. The number of nitrogens with zero attached hydrogens (tertiary/aromatic N) is 3. The van der Waals surface area contributed by atoms with Crippen molar-refractivity contribution in [2.75, 3.05) is 36.1 Å². The van der Waals surface area contributed by atoms with Gasteiger partial charge >= 0.3 is 6.09 Å². The maximum absolute atomic E-state index is 14.6. The lowest BCUT2D eigenvalue weighted by Gasteiger charge is -2.34. The van der Waals surface area contributed by atoms with Crippen molar-refractivity contribution in [3.05, 3.63) is 95.6 Å². The molecule has 0 bridgehead atoms. The molecule has 3 amide bonds. The number of rotatable bonds is 10. The van der Waals surface area contributed by atoms with E-state index in [0.29, 0.717) is 25.3 Å². The Bertz CT molecular complexity index is 1590. The monoisotopic (exact) mass is 627 g/mol. The van der Waals surface area contributed by atoms with Gasteiger partial charge in [-0.25, -0.2) is 4.79 Å². The molecule has 0 saturated carbocycles. The fourth-order valence-electron chi connectivity index (χ4n) is 7.50. The van der Waals surface area contributed by atoms with E-state index in [0.717, 1.165) is 22.5 Å². The number of carbonyl (C=O) groups excluding carboxylic acids is 3. The van der Waals surface area contributed by atoms with Gasteiger partial charge in [0.05, 0.1) is 43.5 Å². The Morgan fingerprint density at radius 3 is 2.35 bits per heavy atom. The number of hydrogen-bond donors (Lipinski definition) is 2. The largest absolute Gasteiger partial charge is 0.447 e. The first-order valence-corrected chi connectivity index (χ1v) is 15.8. The van der Waals surface area contributed by atoms with E-state index < -0.39 is 29.1 Å². The third kappa shape index (κ3) is 5.65. The molecule has 46 heavy (non-hydrogen) atoms. The van der Waals surface area contributed by atoms with Crippen LogP contribution < -0.4 is 9.80 Å². The van der Waals surface area contributed by atoms with Crippen LogP contribution in [0.2, 0.25) is 0 Å². The van der Waals surface area contributed by atoms with E-state index in [9.17, 15) is 24.6 Å². The third-order valence-electron chi connectivity index (χ3n) is 9.56. The second kappa shape index (κ2) is 12.5. The average Bonchev–Trinajstić information content (AvgIpc) is 3.67. The predicted octanol–water partition coefficient (Wildman–Crippen LogP) is 4.22. The second-order valence-corrected chi connectivity index (χ2v) is 12.9. The molecule has 2 N–H and O–H groups in total. The molecule has 10 heteroatoms. The van der Waals surface area contributed by atoms with Crippen molar-refractivity contribution in [3.63, 3.8) is 0 Å². The van der Waals surface area contributed by atoms with Crippen molar-refractivity contribution in [1.82, 2.24) is 4.90 Å². The Balaban J connectivity index is 1.28. The van der Waals surface area contributed by atoms with Gasteiger partial charge < -0.3 is 29.5 Å². The highest BCUT2D eigenvalue weighted by Crippen LogP contribution is 2.58. The zero-order chi connectivity index (χ0) is 32.6. The molecule has 2 saturated heterocycles. The van der Waals surface area contributed by atoms with E-state index >= 15 is 0 Å². The molecule has 3 aromatic carbocycles. The molecule has 6 rings (SSSR count). The van der Waals surface area contributed by atoms with Gasteiger partial charge in [0.1, 0.15) is 6.61 Å².